The quantitative estimate of drug-likeness (QED) is 0.700. The third-order valence-corrected chi connectivity index (χ3v) is 5.51. The monoisotopic (exact) mass is 349 g/mol. The lowest BCUT2D eigenvalue weighted by Gasteiger charge is -2.27. The van der Waals surface area contributed by atoms with Crippen LogP contribution >= 0.6 is 11.3 Å². The fourth-order valence-corrected chi connectivity index (χ4v) is 4.03. The van der Waals surface area contributed by atoms with E-state index in [1.807, 2.05) is 59.5 Å². The van der Waals surface area contributed by atoms with Crippen molar-refractivity contribution in [3.63, 3.8) is 0 Å². The Morgan fingerprint density at radius 1 is 1.04 bits per heavy atom. The molecular weight excluding hydrogens is 330 g/mol. The maximum Gasteiger partial charge on any atom is 0.260 e. The molecule has 0 unspecified atom stereocenters. The molecule has 126 valence electrons. The molecule has 1 aliphatic rings. The number of rotatable bonds is 4. The lowest BCUT2D eigenvalue weighted by molar-refractivity contribution is -0.134. The number of carbonyl (C=O) groups is 1. The first-order chi connectivity index (χ1) is 12.3. The van der Waals surface area contributed by atoms with Crippen LogP contribution in [0.3, 0.4) is 0 Å². The van der Waals surface area contributed by atoms with Crippen molar-refractivity contribution in [2.45, 2.75) is 13.0 Å². The van der Waals surface area contributed by atoms with Crippen LogP contribution in [0.2, 0.25) is 0 Å². The molecule has 0 fully saturated rings. The van der Waals surface area contributed by atoms with E-state index in [4.69, 9.17) is 4.74 Å². The van der Waals surface area contributed by atoms with Gasteiger partial charge in [0.15, 0.2) is 6.61 Å². The molecule has 0 bridgehead atoms. The number of para-hydroxylation sites is 1. The summed E-state index contributed by atoms with van der Waals surface area (Å²) < 4.78 is 5.89. The fraction of sp³-hybridized carbons (Fsp3) is 0.190. The van der Waals surface area contributed by atoms with Crippen LogP contribution in [0.1, 0.15) is 10.4 Å². The zero-order valence-electron chi connectivity index (χ0n) is 13.9. The minimum absolute atomic E-state index is 0.0414. The van der Waals surface area contributed by atoms with E-state index in [2.05, 4.69) is 11.4 Å². The maximum absolute atomic E-state index is 12.6. The minimum atomic E-state index is 0.0414. The van der Waals surface area contributed by atoms with Gasteiger partial charge in [0.2, 0.25) is 0 Å². The first kappa shape index (κ1) is 15.9. The molecule has 0 radical (unpaired) electrons. The highest BCUT2D eigenvalue weighted by molar-refractivity contribution is 7.10. The van der Waals surface area contributed by atoms with E-state index in [1.165, 1.54) is 10.4 Å². The lowest BCUT2D eigenvalue weighted by Crippen LogP contribution is -2.38. The average molecular weight is 349 g/mol. The third kappa shape index (κ3) is 3.44. The van der Waals surface area contributed by atoms with Gasteiger partial charge in [-0.2, -0.15) is 0 Å². The van der Waals surface area contributed by atoms with Crippen molar-refractivity contribution >= 4 is 17.2 Å². The fourth-order valence-electron chi connectivity index (χ4n) is 3.14. The first-order valence-electron chi connectivity index (χ1n) is 8.41. The number of thiophene rings is 1. The summed E-state index contributed by atoms with van der Waals surface area (Å²) >= 11 is 1.78. The highest BCUT2D eigenvalue weighted by Crippen LogP contribution is 2.30. The third-order valence-electron chi connectivity index (χ3n) is 4.48. The van der Waals surface area contributed by atoms with Crippen LogP contribution in [0.5, 0.6) is 5.75 Å². The molecule has 2 aromatic carbocycles. The molecule has 2 heterocycles. The standard InChI is InChI=1S/C21H19NO2S/c23-21(22-12-10-20-17(14-22)11-13-25-20)15-24-19-9-5-4-8-18(19)16-6-2-1-3-7-16/h1-9,11,13H,10,12,14-15H2. The second kappa shape index (κ2) is 7.11. The molecule has 4 rings (SSSR count). The van der Waals surface area contributed by atoms with Gasteiger partial charge in [0.05, 0.1) is 0 Å². The molecule has 1 amide bonds. The van der Waals surface area contributed by atoms with Crippen molar-refractivity contribution in [2.24, 2.45) is 0 Å². The van der Waals surface area contributed by atoms with E-state index in [0.717, 1.165) is 29.8 Å². The Kier molecular flexibility index (Phi) is 4.53. The number of nitrogens with zero attached hydrogens (tertiary/aromatic N) is 1. The Labute approximate surface area is 151 Å². The molecule has 0 aliphatic carbocycles. The van der Waals surface area contributed by atoms with E-state index >= 15 is 0 Å². The topological polar surface area (TPSA) is 29.5 Å². The number of hydrogen-bond acceptors (Lipinski definition) is 3. The molecule has 1 aliphatic heterocycles. The van der Waals surface area contributed by atoms with Crippen LogP contribution in [-0.4, -0.2) is 24.0 Å². The Balaban J connectivity index is 1.45. The summed E-state index contributed by atoms with van der Waals surface area (Å²) in [6, 6.07) is 20.1. The molecule has 25 heavy (non-hydrogen) atoms. The number of fused-ring (bicyclic) bond motifs is 1. The van der Waals surface area contributed by atoms with Crippen LogP contribution < -0.4 is 4.74 Å². The van der Waals surface area contributed by atoms with Gasteiger partial charge in [-0.1, -0.05) is 48.5 Å². The van der Waals surface area contributed by atoms with E-state index in [0.29, 0.717) is 6.54 Å². The van der Waals surface area contributed by atoms with Crippen molar-refractivity contribution in [1.29, 1.82) is 0 Å². The van der Waals surface area contributed by atoms with Crippen molar-refractivity contribution in [2.75, 3.05) is 13.2 Å². The van der Waals surface area contributed by atoms with Gasteiger partial charge in [-0.3, -0.25) is 4.79 Å². The average Bonchev–Trinajstić information content (AvgIpc) is 3.15. The highest BCUT2D eigenvalue weighted by Gasteiger charge is 2.22. The van der Waals surface area contributed by atoms with E-state index in [1.54, 1.807) is 11.3 Å². The number of benzene rings is 2. The molecule has 1 aromatic heterocycles. The Hall–Kier alpha value is -2.59. The predicted octanol–water partition coefficient (Wildman–Crippen LogP) is 4.38. The summed E-state index contributed by atoms with van der Waals surface area (Å²) in [7, 11) is 0. The molecule has 0 atom stereocenters. The molecule has 3 nitrogen and oxygen atoms in total. The van der Waals surface area contributed by atoms with Crippen LogP contribution in [0.25, 0.3) is 11.1 Å². The van der Waals surface area contributed by atoms with Crippen molar-refractivity contribution in [3.05, 3.63) is 76.5 Å². The second-order valence-electron chi connectivity index (χ2n) is 6.09. The van der Waals surface area contributed by atoms with Gasteiger partial charge in [-0.25, -0.2) is 0 Å². The predicted molar refractivity (Wildman–Crippen MR) is 101 cm³/mol. The van der Waals surface area contributed by atoms with E-state index in [-0.39, 0.29) is 12.5 Å². The summed E-state index contributed by atoms with van der Waals surface area (Å²) in [6.07, 6.45) is 0.944. The van der Waals surface area contributed by atoms with Gasteiger partial charge in [0, 0.05) is 23.5 Å². The second-order valence-corrected chi connectivity index (χ2v) is 7.09. The summed E-state index contributed by atoms with van der Waals surface area (Å²) in [5.41, 5.74) is 3.37. The molecule has 0 saturated heterocycles. The Morgan fingerprint density at radius 2 is 1.84 bits per heavy atom. The van der Waals surface area contributed by atoms with Crippen LogP contribution in [0.4, 0.5) is 0 Å². The van der Waals surface area contributed by atoms with Crippen LogP contribution in [-0.2, 0) is 17.8 Å². The van der Waals surface area contributed by atoms with Crippen LogP contribution in [0, 0.1) is 0 Å². The van der Waals surface area contributed by atoms with Gasteiger partial charge < -0.3 is 9.64 Å². The Bertz CT molecular complexity index is 872. The van der Waals surface area contributed by atoms with E-state index < -0.39 is 0 Å². The number of ether oxygens (including phenoxy) is 1. The van der Waals surface area contributed by atoms with Gasteiger partial charge in [0.25, 0.3) is 5.91 Å². The van der Waals surface area contributed by atoms with Crippen molar-refractivity contribution < 1.29 is 9.53 Å². The summed E-state index contributed by atoms with van der Waals surface area (Å²) in [5, 5.41) is 2.10. The summed E-state index contributed by atoms with van der Waals surface area (Å²) in [4.78, 5) is 15.8. The number of hydrogen-bond donors (Lipinski definition) is 0. The lowest BCUT2D eigenvalue weighted by atomic mass is 10.1. The van der Waals surface area contributed by atoms with Gasteiger partial charge in [-0.15, -0.1) is 11.3 Å². The molecule has 0 saturated carbocycles. The molecular formula is C21H19NO2S. The van der Waals surface area contributed by atoms with Gasteiger partial charge >= 0.3 is 0 Å². The minimum Gasteiger partial charge on any atom is -0.483 e. The van der Waals surface area contributed by atoms with Crippen molar-refractivity contribution in [3.8, 4) is 16.9 Å². The normalized spacial score (nSPS) is 13.4. The SMILES string of the molecule is O=C(COc1ccccc1-c1ccccc1)N1CCc2sccc2C1. The van der Waals surface area contributed by atoms with E-state index in [9.17, 15) is 4.79 Å². The molecule has 3 aromatic rings. The van der Waals surface area contributed by atoms with Crippen molar-refractivity contribution in [1.82, 2.24) is 4.90 Å². The number of amides is 1. The Morgan fingerprint density at radius 3 is 2.72 bits per heavy atom. The molecule has 0 spiro atoms. The van der Waals surface area contributed by atoms with Gasteiger partial charge in [0.1, 0.15) is 5.75 Å². The maximum atomic E-state index is 12.6. The molecule has 0 N–H and O–H groups in total. The zero-order chi connectivity index (χ0) is 17.1. The number of carbonyl (C=O) groups excluding carboxylic acids is 1. The summed E-state index contributed by atoms with van der Waals surface area (Å²) in [6.45, 7) is 1.54. The highest BCUT2D eigenvalue weighted by atomic mass is 32.1. The van der Waals surface area contributed by atoms with Gasteiger partial charge in [-0.05, 0) is 35.1 Å². The smallest absolute Gasteiger partial charge is 0.260 e. The first-order valence-corrected chi connectivity index (χ1v) is 9.29. The summed E-state index contributed by atoms with van der Waals surface area (Å²) in [5.74, 6) is 0.787. The molecule has 4 heteroatoms. The zero-order valence-corrected chi connectivity index (χ0v) is 14.7. The van der Waals surface area contributed by atoms with Crippen LogP contribution in [0.15, 0.2) is 66.0 Å². The largest absolute Gasteiger partial charge is 0.483 e.